The van der Waals surface area contributed by atoms with Crippen LogP contribution in [0.5, 0.6) is 5.75 Å². The number of rotatable bonds is 7. The first-order valence-corrected chi connectivity index (χ1v) is 11.0. The summed E-state index contributed by atoms with van der Waals surface area (Å²) in [4.78, 5) is 22.2. The van der Waals surface area contributed by atoms with Gasteiger partial charge in [0.25, 0.3) is 5.89 Å². The zero-order valence-corrected chi connectivity index (χ0v) is 18.4. The summed E-state index contributed by atoms with van der Waals surface area (Å²) in [6, 6.07) is 7.09. The van der Waals surface area contributed by atoms with Crippen LogP contribution >= 0.6 is 0 Å². The lowest BCUT2D eigenvalue weighted by Gasteiger charge is -2.35. The fourth-order valence-electron chi connectivity index (χ4n) is 4.41. The molecule has 2 aromatic heterocycles. The van der Waals surface area contributed by atoms with Gasteiger partial charge >= 0.3 is 5.97 Å². The maximum atomic E-state index is 15.3. The number of aliphatic carboxylic acids is 1. The molecule has 0 spiro atoms. The van der Waals surface area contributed by atoms with Crippen LogP contribution < -0.4 is 4.74 Å². The van der Waals surface area contributed by atoms with Crippen molar-refractivity contribution >= 4 is 16.9 Å². The van der Waals surface area contributed by atoms with Crippen LogP contribution in [-0.4, -0.2) is 52.7 Å². The molecule has 0 aliphatic carbocycles. The second-order valence-electron chi connectivity index (χ2n) is 8.20. The van der Waals surface area contributed by atoms with E-state index in [4.69, 9.17) is 9.15 Å². The van der Waals surface area contributed by atoms with Gasteiger partial charge in [0.1, 0.15) is 18.2 Å². The number of pyridine rings is 1. The van der Waals surface area contributed by atoms with Gasteiger partial charge in [-0.1, -0.05) is 5.92 Å². The number of oxazole rings is 1. The topological polar surface area (TPSA) is 88.7 Å². The van der Waals surface area contributed by atoms with E-state index in [0.717, 1.165) is 11.9 Å². The molecule has 7 nitrogen and oxygen atoms in total. The molecule has 0 amide bonds. The Bertz CT molecular complexity index is 1160. The van der Waals surface area contributed by atoms with E-state index in [1.54, 1.807) is 31.5 Å². The third-order valence-corrected chi connectivity index (χ3v) is 6.20. The Hall–Kier alpha value is -3.44. The Morgan fingerprint density at radius 2 is 2.24 bits per heavy atom. The van der Waals surface area contributed by atoms with Crippen LogP contribution in [-0.2, 0) is 4.79 Å². The van der Waals surface area contributed by atoms with E-state index in [1.165, 1.54) is 12.5 Å². The maximum Gasteiger partial charge on any atom is 0.308 e. The zero-order chi connectivity index (χ0) is 23.2. The summed E-state index contributed by atoms with van der Waals surface area (Å²) in [5, 5.41) is 10.5. The Labute approximate surface area is 191 Å². The molecule has 0 saturated carbocycles. The molecule has 0 radical (unpaired) electrons. The molecule has 3 aromatic rings. The first-order valence-electron chi connectivity index (χ1n) is 11.0. The monoisotopic (exact) mass is 451 g/mol. The van der Waals surface area contributed by atoms with Gasteiger partial charge in [0, 0.05) is 18.1 Å². The number of aromatic nitrogens is 2. The van der Waals surface area contributed by atoms with Gasteiger partial charge in [-0.15, -0.1) is 0 Å². The lowest BCUT2D eigenvalue weighted by Crippen LogP contribution is -2.44. The largest absolute Gasteiger partial charge is 0.497 e. The maximum absolute atomic E-state index is 15.3. The highest BCUT2D eigenvalue weighted by Crippen LogP contribution is 2.35. The molecule has 172 valence electrons. The van der Waals surface area contributed by atoms with Crippen LogP contribution in [0.4, 0.5) is 4.39 Å². The standard InChI is InChI=1S/C25H26FN3O4/c1-32-18-5-7-23-20(15-18)19(8-10-27-23)22(26)6-4-17-9-13-29(16-21(17)25(30)31)12-2-3-24-28-11-14-33-24/h5,7-8,10-11,14-15,17,21-22H,4,6,9,12-13,16H2,1H3,(H,30,31)/t17-,21+,22+/m1/s1. The molecular weight excluding hydrogens is 425 g/mol. The van der Waals surface area contributed by atoms with E-state index in [2.05, 4.69) is 21.8 Å². The van der Waals surface area contributed by atoms with Crippen molar-refractivity contribution < 1.29 is 23.4 Å². The molecule has 1 N–H and O–H groups in total. The molecule has 1 saturated heterocycles. The third-order valence-electron chi connectivity index (χ3n) is 6.20. The number of ether oxygens (including phenoxy) is 1. The van der Waals surface area contributed by atoms with Crippen LogP contribution in [0.25, 0.3) is 10.9 Å². The molecule has 8 heteroatoms. The molecule has 3 atom stereocenters. The van der Waals surface area contributed by atoms with Crippen molar-refractivity contribution in [1.82, 2.24) is 14.9 Å². The van der Waals surface area contributed by atoms with E-state index < -0.39 is 18.1 Å². The third kappa shape index (κ3) is 5.49. The number of carbonyl (C=O) groups is 1. The highest BCUT2D eigenvalue weighted by Gasteiger charge is 2.34. The molecule has 1 aliphatic heterocycles. The first kappa shape index (κ1) is 22.7. The minimum atomic E-state index is -1.21. The second-order valence-corrected chi connectivity index (χ2v) is 8.20. The second kappa shape index (κ2) is 10.5. The Morgan fingerprint density at radius 1 is 1.36 bits per heavy atom. The lowest BCUT2D eigenvalue weighted by atomic mass is 9.81. The van der Waals surface area contributed by atoms with Gasteiger partial charge in [0.15, 0.2) is 0 Å². The van der Waals surface area contributed by atoms with E-state index in [-0.39, 0.29) is 12.3 Å². The van der Waals surface area contributed by atoms with Gasteiger partial charge in [-0.25, -0.2) is 9.37 Å². The van der Waals surface area contributed by atoms with Crippen molar-refractivity contribution in [3.8, 4) is 17.6 Å². The predicted molar refractivity (Wildman–Crippen MR) is 120 cm³/mol. The van der Waals surface area contributed by atoms with Crippen LogP contribution in [0.1, 0.15) is 36.9 Å². The number of nitrogens with zero attached hydrogens (tertiary/aromatic N) is 3. The van der Waals surface area contributed by atoms with Gasteiger partial charge in [-0.3, -0.25) is 14.7 Å². The van der Waals surface area contributed by atoms with Crippen LogP contribution in [0, 0.1) is 23.7 Å². The normalized spacial score (nSPS) is 19.6. The zero-order valence-electron chi connectivity index (χ0n) is 18.4. The first-order chi connectivity index (χ1) is 16.0. The van der Waals surface area contributed by atoms with Crippen molar-refractivity contribution in [2.24, 2.45) is 11.8 Å². The minimum Gasteiger partial charge on any atom is -0.497 e. The summed E-state index contributed by atoms with van der Waals surface area (Å²) in [5.41, 5.74) is 1.27. The van der Waals surface area contributed by atoms with E-state index in [1.807, 2.05) is 11.0 Å². The number of benzene rings is 1. The average molecular weight is 451 g/mol. The minimum absolute atomic E-state index is 0.0839. The SMILES string of the molecule is COc1ccc2nccc([C@@H](F)CC[C@@H]3CCN(CC#Cc4ncco4)C[C@@H]3C(=O)O)c2c1. The summed E-state index contributed by atoms with van der Waals surface area (Å²) in [6.07, 6.45) is 4.83. The molecule has 1 aromatic carbocycles. The van der Waals surface area contributed by atoms with E-state index in [0.29, 0.717) is 48.7 Å². The molecule has 0 unspecified atom stereocenters. The Balaban J connectivity index is 1.38. The highest BCUT2D eigenvalue weighted by molar-refractivity contribution is 5.83. The number of halogens is 1. The van der Waals surface area contributed by atoms with Crippen molar-refractivity contribution in [3.05, 3.63) is 54.4 Å². The summed E-state index contributed by atoms with van der Waals surface area (Å²) in [6.45, 7) is 1.56. The lowest BCUT2D eigenvalue weighted by molar-refractivity contribution is -0.146. The molecule has 4 rings (SSSR count). The van der Waals surface area contributed by atoms with Gasteiger partial charge in [-0.2, -0.15) is 0 Å². The predicted octanol–water partition coefficient (Wildman–Crippen LogP) is 4.10. The molecular formula is C25H26FN3O4. The van der Waals surface area contributed by atoms with Gasteiger partial charge in [0.05, 0.1) is 31.3 Å². The van der Waals surface area contributed by atoms with Crippen LogP contribution in [0.2, 0.25) is 0 Å². The van der Waals surface area contributed by atoms with Gasteiger partial charge < -0.3 is 14.3 Å². The quantitative estimate of drug-likeness (QED) is 0.541. The summed E-state index contributed by atoms with van der Waals surface area (Å²) >= 11 is 0. The number of carboxylic acid groups (broad SMARTS) is 1. The van der Waals surface area contributed by atoms with E-state index >= 15 is 4.39 Å². The Kier molecular flexibility index (Phi) is 7.20. The number of hydrogen-bond donors (Lipinski definition) is 1. The summed E-state index contributed by atoms with van der Waals surface area (Å²) in [7, 11) is 1.57. The number of piperidine rings is 1. The van der Waals surface area contributed by atoms with Crippen molar-refractivity contribution in [2.45, 2.75) is 25.4 Å². The molecule has 1 fully saturated rings. The fourth-order valence-corrected chi connectivity index (χ4v) is 4.41. The number of fused-ring (bicyclic) bond motifs is 1. The number of carboxylic acids is 1. The summed E-state index contributed by atoms with van der Waals surface area (Å²) < 4.78 is 25.7. The average Bonchev–Trinajstić information content (AvgIpc) is 3.35. The van der Waals surface area contributed by atoms with Gasteiger partial charge in [-0.05, 0) is 67.5 Å². The number of hydrogen-bond acceptors (Lipinski definition) is 6. The van der Waals surface area contributed by atoms with Crippen LogP contribution in [0.3, 0.4) is 0 Å². The molecule has 3 heterocycles. The summed E-state index contributed by atoms with van der Waals surface area (Å²) in [5.74, 6) is 5.31. The van der Waals surface area contributed by atoms with Gasteiger partial charge in [0.2, 0.25) is 0 Å². The number of methoxy groups -OCH3 is 1. The Morgan fingerprint density at radius 3 is 3.00 bits per heavy atom. The van der Waals surface area contributed by atoms with Crippen molar-refractivity contribution in [3.63, 3.8) is 0 Å². The van der Waals surface area contributed by atoms with Crippen LogP contribution in [0.15, 0.2) is 47.3 Å². The smallest absolute Gasteiger partial charge is 0.308 e. The van der Waals surface area contributed by atoms with Crippen molar-refractivity contribution in [2.75, 3.05) is 26.7 Å². The fraction of sp³-hybridized carbons (Fsp3) is 0.400. The number of likely N-dealkylation sites (tertiary alicyclic amines) is 1. The number of alkyl halides is 1. The van der Waals surface area contributed by atoms with Crippen molar-refractivity contribution in [1.29, 1.82) is 0 Å². The molecule has 1 aliphatic rings. The highest BCUT2D eigenvalue weighted by atomic mass is 19.1. The molecule has 33 heavy (non-hydrogen) atoms. The molecule has 0 bridgehead atoms. The van der Waals surface area contributed by atoms with E-state index in [9.17, 15) is 9.90 Å².